The number of thiophene rings is 1. The molecule has 0 bridgehead atoms. The molecule has 0 saturated carbocycles. The average molecular weight is 264 g/mol. The number of carbonyl (C=O) groups excluding carboxylic acids is 1. The molecular formula is C13H16N2O2S. The standard InChI is InChI=1S/C13H16N2O2S/c1-8(2)13(16)11-6-5-10(18-11)9-7-12(17-4)15(3)14-9/h5-8H,1-4H3. The summed E-state index contributed by atoms with van der Waals surface area (Å²) in [7, 11) is 3.44. The van der Waals surface area contributed by atoms with E-state index < -0.39 is 0 Å². The van der Waals surface area contributed by atoms with Gasteiger partial charge in [-0.25, -0.2) is 4.68 Å². The number of hydrogen-bond donors (Lipinski definition) is 0. The number of methoxy groups -OCH3 is 1. The summed E-state index contributed by atoms with van der Waals surface area (Å²) in [6.45, 7) is 3.82. The number of hydrogen-bond acceptors (Lipinski definition) is 4. The highest BCUT2D eigenvalue weighted by Crippen LogP contribution is 2.30. The molecule has 2 aromatic heterocycles. The van der Waals surface area contributed by atoms with Crippen molar-refractivity contribution in [2.24, 2.45) is 13.0 Å². The van der Waals surface area contributed by atoms with E-state index in [1.54, 1.807) is 11.8 Å². The lowest BCUT2D eigenvalue weighted by Gasteiger charge is -1.98. The van der Waals surface area contributed by atoms with Crippen LogP contribution in [0.2, 0.25) is 0 Å². The number of aromatic nitrogens is 2. The maximum Gasteiger partial charge on any atom is 0.211 e. The van der Waals surface area contributed by atoms with E-state index in [1.165, 1.54) is 11.3 Å². The fraction of sp³-hybridized carbons (Fsp3) is 0.385. The summed E-state index contributed by atoms with van der Waals surface area (Å²) < 4.78 is 6.86. The average Bonchev–Trinajstić information content (AvgIpc) is 2.93. The first-order chi connectivity index (χ1) is 8.52. The van der Waals surface area contributed by atoms with Gasteiger partial charge in [0.05, 0.1) is 16.9 Å². The lowest BCUT2D eigenvalue weighted by Crippen LogP contribution is -2.04. The van der Waals surface area contributed by atoms with E-state index in [4.69, 9.17) is 4.74 Å². The van der Waals surface area contributed by atoms with Crippen LogP contribution in [-0.4, -0.2) is 22.7 Å². The van der Waals surface area contributed by atoms with Crippen molar-refractivity contribution in [1.82, 2.24) is 9.78 Å². The molecule has 0 aliphatic carbocycles. The van der Waals surface area contributed by atoms with E-state index in [0.29, 0.717) is 5.88 Å². The number of carbonyl (C=O) groups is 1. The smallest absolute Gasteiger partial charge is 0.211 e. The molecule has 2 heterocycles. The number of Topliss-reactive ketones (excluding diaryl/α,β-unsaturated/α-hetero) is 1. The Balaban J connectivity index is 2.32. The van der Waals surface area contributed by atoms with Crippen molar-refractivity contribution < 1.29 is 9.53 Å². The minimum absolute atomic E-state index is 0.0229. The second kappa shape index (κ2) is 4.94. The van der Waals surface area contributed by atoms with Crippen molar-refractivity contribution >= 4 is 17.1 Å². The molecule has 0 saturated heterocycles. The van der Waals surface area contributed by atoms with Gasteiger partial charge in [-0.2, -0.15) is 5.10 Å². The molecule has 0 unspecified atom stereocenters. The maximum atomic E-state index is 11.9. The zero-order valence-electron chi connectivity index (χ0n) is 10.9. The molecule has 0 atom stereocenters. The molecular weight excluding hydrogens is 248 g/mol. The topological polar surface area (TPSA) is 44.1 Å². The normalized spacial score (nSPS) is 10.9. The molecule has 0 radical (unpaired) electrons. The van der Waals surface area contributed by atoms with Gasteiger partial charge in [-0.05, 0) is 12.1 Å². The van der Waals surface area contributed by atoms with Gasteiger partial charge in [-0.15, -0.1) is 11.3 Å². The van der Waals surface area contributed by atoms with E-state index in [0.717, 1.165) is 15.4 Å². The molecule has 0 spiro atoms. The van der Waals surface area contributed by atoms with E-state index >= 15 is 0 Å². The monoisotopic (exact) mass is 264 g/mol. The number of ether oxygens (including phenoxy) is 1. The molecule has 2 rings (SSSR count). The summed E-state index contributed by atoms with van der Waals surface area (Å²) >= 11 is 1.47. The third-order valence-electron chi connectivity index (χ3n) is 2.67. The van der Waals surface area contributed by atoms with Crippen LogP contribution >= 0.6 is 11.3 Å². The Labute approximate surface area is 110 Å². The zero-order valence-corrected chi connectivity index (χ0v) is 11.7. The predicted octanol–water partition coefficient (Wildman–Crippen LogP) is 3.00. The van der Waals surface area contributed by atoms with Gasteiger partial charge in [0.2, 0.25) is 5.88 Å². The number of rotatable bonds is 4. The summed E-state index contributed by atoms with van der Waals surface area (Å²) in [6.07, 6.45) is 0. The highest BCUT2D eigenvalue weighted by Gasteiger charge is 2.15. The van der Waals surface area contributed by atoms with Crippen LogP contribution in [-0.2, 0) is 7.05 Å². The minimum Gasteiger partial charge on any atom is -0.481 e. The number of nitrogens with zero attached hydrogens (tertiary/aromatic N) is 2. The SMILES string of the molecule is COc1cc(-c2ccc(C(=O)C(C)C)s2)nn1C. The van der Waals surface area contributed by atoms with Crippen LogP contribution in [0.1, 0.15) is 23.5 Å². The molecule has 18 heavy (non-hydrogen) atoms. The molecule has 4 nitrogen and oxygen atoms in total. The van der Waals surface area contributed by atoms with Gasteiger partial charge >= 0.3 is 0 Å². The van der Waals surface area contributed by atoms with Crippen LogP contribution in [0.3, 0.4) is 0 Å². The maximum absolute atomic E-state index is 11.9. The van der Waals surface area contributed by atoms with Crippen molar-refractivity contribution in [3.63, 3.8) is 0 Å². The zero-order chi connectivity index (χ0) is 13.3. The lowest BCUT2D eigenvalue weighted by molar-refractivity contribution is 0.0943. The Morgan fingerprint density at radius 3 is 2.72 bits per heavy atom. The molecule has 0 N–H and O–H groups in total. The van der Waals surface area contributed by atoms with E-state index in [1.807, 2.05) is 39.1 Å². The van der Waals surface area contributed by atoms with Gasteiger partial charge in [0.25, 0.3) is 0 Å². The van der Waals surface area contributed by atoms with Crippen LogP contribution < -0.4 is 4.74 Å². The van der Waals surface area contributed by atoms with Crippen LogP contribution in [0.4, 0.5) is 0 Å². The van der Waals surface area contributed by atoms with Gasteiger partial charge in [0, 0.05) is 19.0 Å². The minimum atomic E-state index is 0.0229. The first-order valence-electron chi connectivity index (χ1n) is 5.75. The lowest BCUT2D eigenvalue weighted by atomic mass is 10.1. The van der Waals surface area contributed by atoms with E-state index in [9.17, 15) is 4.79 Å². The summed E-state index contributed by atoms with van der Waals surface area (Å²) in [5.41, 5.74) is 0.835. The quantitative estimate of drug-likeness (QED) is 0.797. The van der Waals surface area contributed by atoms with Gasteiger partial charge in [0.1, 0.15) is 5.69 Å². The molecule has 0 aliphatic rings. The molecule has 5 heteroatoms. The van der Waals surface area contributed by atoms with Crippen molar-refractivity contribution in [2.45, 2.75) is 13.8 Å². The van der Waals surface area contributed by atoms with Crippen LogP contribution in [0.5, 0.6) is 5.88 Å². The van der Waals surface area contributed by atoms with Crippen molar-refractivity contribution in [2.75, 3.05) is 7.11 Å². The summed E-state index contributed by atoms with van der Waals surface area (Å²) in [4.78, 5) is 13.6. The third kappa shape index (κ3) is 2.31. The fourth-order valence-corrected chi connectivity index (χ4v) is 2.70. The number of ketones is 1. The molecule has 0 aliphatic heterocycles. The Kier molecular flexibility index (Phi) is 3.52. The van der Waals surface area contributed by atoms with Gasteiger partial charge in [-0.3, -0.25) is 4.79 Å². The Bertz CT molecular complexity index is 569. The van der Waals surface area contributed by atoms with Crippen molar-refractivity contribution in [3.05, 3.63) is 23.1 Å². The summed E-state index contributed by atoms with van der Waals surface area (Å²) in [6, 6.07) is 5.67. The Morgan fingerprint density at radius 2 is 2.17 bits per heavy atom. The first kappa shape index (κ1) is 12.8. The fourth-order valence-electron chi connectivity index (χ4n) is 1.65. The Hall–Kier alpha value is -1.62. The predicted molar refractivity (Wildman–Crippen MR) is 72.2 cm³/mol. The molecule has 0 fully saturated rings. The van der Waals surface area contributed by atoms with Crippen LogP contribution in [0.25, 0.3) is 10.6 Å². The Morgan fingerprint density at radius 1 is 1.44 bits per heavy atom. The van der Waals surface area contributed by atoms with Crippen LogP contribution in [0.15, 0.2) is 18.2 Å². The molecule has 0 amide bonds. The number of aryl methyl sites for hydroxylation is 1. The first-order valence-corrected chi connectivity index (χ1v) is 6.57. The summed E-state index contributed by atoms with van der Waals surface area (Å²) in [5.74, 6) is 0.902. The third-order valence-corrected chi connectivity index (χ3v) is 3.79. The van der Waals surface area contributed by atoms with Gasteiger partial charge < -0.3 is 4.74 Å². The van der Waals surface area contributed by atoms with E-state index in [-0.39, 0.29) is 11.7 Å². The molecule has 96 valence electrons. The highest BCUT2D eigenvalue weighted by molar-refractivity contribution is 7.17. The molecule has 0 aromatic carbocycles. The van der Waals surface area contributed by atoms with Crippen molar-refractivity contribution in [3.8, 4) is 16.5 Å². The summed E-state index contributed by atoms with van der Waals surface area (Å²) in [5, 5.41) is 4.36. The molecule has 2 aromatic rings. The van der Waals surface area contributed by atoms with E-state index in [2.05, 4.69) is 5.10 Å². The second-order valence-corrected chi connectivity index (χ2v) is 5.46. The van der Waals surface area contributed by atoms with Gasteiger partial charge in [-0.1, -0.05) is 13.8 Å². The largest absolute Gasteiger partial charge is 0.481 e. The van der Waals surface area contributed by atoms with Crippen LogP contribution in [0, 0.1) is 5.92 Å². The van der Waals surface area contributed by atoms with Crippen molar-refractivity contribution in [1.29, 1.82) is 0 Å². The second-order valence-electron chi connectivity index (χ2n) is 4.38. The highest BCUT2D eigenvalue weighted by atomic mass is 32.1. The van der Waals surface area contributed by atoms with Gasteiger partial charge in [0.15, 0.2) is 5.78 Å².